The zero-order valence-corrected chi connectivity index (χ0v) is 19.0. The van der Waals surface area contributed by atoms with Crippen molar-refractivity contribution >= 4 is 40.6 Å². The highest BCUT2D eigenvalue weighted by atomic mass is 32.2. The summed E-state index contributed by atoms with van der Waals surface area (Å²) in [4.78, 5) is 31.2. The van der Waals surface area contributed by atoms with Crippen molar-refractivity contribution in [1.82, 2.24) is 4.90 Å². The predicted octanol–water partition coefficient (Wildman–Crippen LogP) is 5.29. The maximum Gasteiger partial charge on any atom is 0.337 e. The number of aliphatic imine (C=N–C) groups is 1. The number of methoxy groups -OCH3 is 1. The number of carbonyl (C=O) groups excluding carboxylic acids is 2. The van der Waals surface area contributed by atoms with E-state index < -0.39 is 5.97 Å². The average Bonchev–Trinajstić information content (AvgIpc) is 3.11. The summed E-state index contributed by atoms with van der Waals surface area (Å²) >= 11 is 1.28. The van der Waals surface area contributed by atoms with E-state index in [1.807, 2.05) is 60.7 Å². The van der Waals surface area contributed by atoms with Crippen LogP contribution in [0.25, 0.3) is 6.08 Å². The van der Waals surface area contributed by atoms with E-state index in [1.165, 1.54) is 23.8 Å². The number of benzene rings is 3. The van der Waals surface area contributed by atoms with Crippen LogP contribution in [0.5, 0.6) is 5.75 Å². The smallest absolute Gasteiger partial charge is 0.337 e. The number of rotatable bonds is 6. The molecule has 0 N–H and O–H groups in total. The highest BCUT2D eigenvalue weighted by molar-refractivity contribution is 8.18. The second-order valence-electron chi connectivity index (χ2n) is 7.22. The Morgan fingerprint density at radius 1 is 1.03 bits per heavy atom. The lowest BCUT2D eigenvalue weighted by Crippen LogP contribution is -2.23. The molecule has 1 aliphatic heterocycles. The molecule has 4 rings (SSSR count). The third-order valence-electron chi connectivity index (χ3n) is 4.94. The first kappa shape index (κ1) is 22.4. The van der Waals surface area contributed by atoms with Crippen LogP contribution in [0, 0.1) is 0 Å². The van der Waals surface area contributed by atoms with Gasteiger partial charge in [-0.3, -0.25) is 9.69 Å². The van der Waals surface area contributed by atoms with Crippen molar-refractivity contribution in [2.45, 2.75) is 6.61 Å². The Bertz CT molecular complexity index is 1240. The van der Waals surface area contributed by atoms with Gasteiger partial charge in [-0.1, -0.05) is 54.6 Å². The van der Waals surface area contributed by atoms with E-state index in [0.717, 1.165) is 11.1 Å². The Labute approximate surface area is 196 Å². The number of esters is 1. The molecule has 0 aromatic heterocycles. The molecule has 7 heteroatoms. The van der Waals surface area contributed by atoms with Gasteiger partial charge in [0.2, 0.25) is 0 Å². The van der Waals surface area contributed by atoms with Crippen molar-refractivity contribution in [3.63, 3.8) is 0 Å². The Hall–Kier alpha value is -3.84. The normalized spacial score (nSPS) is 15.8. The van der Waals surface area contributed by atoms with Crippen molar-refractivity contribution in [2.24, 2.45) is 4.99 Å². The topological polar surface area (TPSA) is 68.2 Å². The fraction of sp³-hybridized carbons (Fsp3) is 0.115. The molecule has 166 valence electrons. The number of nitrogens with zero attached hydrogens (tertiary/aromatic N) is 2. The molecule has 3 aromatic rings. The van der Waals surface area contributed by atoms with Crippen molar-refractivity contribution in [2.75, 3.05) is 14.2 Å². The predicted molar refractivity (Wildman–Crippen MR) is 130 cm³/mol. The summed E-state index contributed by atoms with van der Waals surface area (Å²) in [5.41, 5.74) is 2.84. The number of thioether (sulfide) groups is 1. The molecule has 0 spiro atoms. The molecule has 1 fully saturated rings. The van der Waals surface area contributed by atoms with Crippen molar-refractivity contribution in [3.8, 4) is 5.75 Å². The highest BCUT2D eigenvalue weighted by Gasteiger charge is 2.30. The van der Waals surface area contributed by atoms with Gasteiger partial charge in [-0.25, -0.2) is 9.79 Å². The van der Waals surface area contributed by atoms with E-state index in [-0.39, 0.29) is 5.91 Å². The van der Waals surface area contributed by atoms with Crippen LogP contribution in [0.2, 0.25) is 0 Å². The van der Waals surface area contributed by atoms with Gasteiger partial charge >= 0.3 is 5.97 Å². The van der Waals surface area contributed by atoms with Gasteiger partial charge in [0.05, 0.1) is 23.3 Å². The van der Waals surface area contributed by atoms with Crippen molar-refractivity contribution in [1.29, 1.82) is 0 Å². The number of para-hydroxylation sites is 1. The monoisotopic (exact) mass is 458 g/mol. The first-order chi connectivity index (χ1) is 16.0. The van der Waals surface area contributed by atoms with Gasteiger partial charge in [0.15, 0.2) is 5.17 Å². The molecule has 0 bridgehead atoms. The van der Waals surface area contributed by atoms with Crippen LogP contribution < -0.4 is 4.74 Å². The first-order valence-corrected chi connectivity index (χ1v) is 11.1. The van der Waals surface area contributed by atoms with E-state index in [1.54, 1.807) is 31.3 Å². The summed E-state index contributed by atoms with van der Waals surface area (Å²) in [5, 5.41) is 0.524. The molecule has 0 atom stereocenters. The Morgan fingerprint density at radius 2 is 1.79 bits per heavy atom. The van der Waals surface area contributed by atoms with Crippen LogP contribution in [-0.2, 0) is 16.1 Å². The van der Waals surface area contributed by atoms with Gasteiger partial charge in [-0.15, -0.1) is 0 Å². The molecule has 1 heterocycles. The summed E-state index contributed by atoms with van der Waals surface area (Å²) in [5.74, 6) is 0.107. The zero-order valence-electron chi connectivity index (χ0n) is 18.2. The number of hydrogen-bond donors (Lipinski definition) is 0. The Morgan fingerprint density at radius 3 is 2.58 bits per heavy atom. The maximum atomic E-state index is 12.9. The number of carbonyl (C=O) groups is 2. The van der Waals surface area contributed by atoms with Crippen LogP contribution in [-0.4, -0.2) is 36.1 Å². The van der Waals surface area contributed by atoms with Gasteiger partial charge in [-0.2, -0.15) is 0 Å². The lowest BCUT2D eigenvalue weighted by Gasteiger charge is -2.09. The number of ether oxygens (including phenoxy) is 2. The van der Waals surface area contributed by atoms with Crippen LogP contribution in [0.4, 0.5) is 5.69 Å². The second kappa shape index (κ2) is 10.2. The van der Waals surface area contributed by atoms with Crippen molar-refractivity contribution < 1.29 is 19.1 Å². The number of amidine groups is 1. The van der Waals surface area contributed by atoms with E-state index in [0.29, 0.717) is 33.7 Å². The molecule has 0 aliphatic carbocycles. The first-order valence-electron chi connectivity index (χ1n) is 10.3. The largest absolute Gasteiger partial charge is 0.488 e. The summed E-state index contributed by atoms with van der Waals surface area (Å²) in [6, 6.07) is 24.3. The minimum Gasteiger partial charge on any atom is -0.488 e. The molecule has 0 unspecified atom stereocenters. The number of hydrogen-bond acceptors (Lipinski definition) is 6. The van der Waals surface area contributed by atoms with Crippen LogP contribution in [0.15, 0.2) is 88.8 Å². The third kappa shape index (κ3) is 5.32. The molecule has 33 heavy (non-hydrogen) atoms. The van der Waals surface area contributed by atoms with E-state index in [9.17, 15) is 9.59 Å². The van der Waals surface area contributed by atoms with Gasteiger partial charge in [0.1, 0.15) is 12.4 Å². The highest BCUT2D eigenvalue weighted by Crippen LogP contribution is 2.35. The minimum atomic E-state index is -0.437. The quantitative estimate of drug-likeness (QED) is 0.371. The summed E-state index contributed by atoms with van der Waals surface area (Å²) in [6.07, 6.45) is 1.82. The van der Waals surface area contributed by atoms with Crippen molar-refractivity contribution in [3.05, 3.63) is 100 Å². The van der Waals surface area contributed by atoms with E-state index >= 15 is 0 Å². The fourth-order valence-corrected chi connectivity index (χ4v) is 4.17. The second-order valence-corrected chi connectivity index (χ2v) is 8.23. The lowest BCUT2D eigenvalue weighted by molar-refractivity contribution is -0.121. The van der Waals surface area contributed by atoms with Crippen LogP contribution in [0.3, 0.4) is 0 Å². The Kier molecular flexibility index (Phi) is 6.90. The van der Waals surface area contributed by atoms with Gasteiger partial charge in [0.25, 0.3) is 5.91 Å². The summed E-state index contributed by atoms with van der Waals surface area (Å²) in [6.45, 7) is 0.436. The molecular formula is C26H22N2O4S. The minimum absolute atomic E-state index is 0.152. The molecule has 3 aromatic carbocycles. The SMILES string of the molecule is COC(=O)c1cccc(N=C2SC(=Cc3ccccc3OCc3ccccc3)C(=O)N2C)c1. The third-order valence-corrected chi connectivity index (χ3v) is 6.00. The number of likely N-dealkylation sites (N-methyl/N-ethyl adjacent to an activating group) is 1. The van der Waals surface area contributed by atoms with Gasteiger partial charge in [0, 0.05) is 12.6 Å². The van der Waals surface area contributed by atoms with Gasteiger partial charge < -0.3 is 9.47 Å². The van der Waals surface area contributed by atoms with Crippen LogP contribution >= 0.6 is 11.8 Å². The standard InChI is InChI=1S/C26H22N2O4S/c1-28-24(29)23(33-26(28)27-21-13-8-12-20(15-21)25(30)31-2)16-19-11-6-7-14-22(19)32-17-18-9-4-3-5-10-18/h3-16H,17H2,1-2H3. The molecule has 0 radical (unpaired) electrons. The number of amides is 1. The fourth-order valence-electron chi connectivity index (χ4n) is 3.19. The summed E-state index contributed by atoms with van der Waals surface area (Å²) < 4.78 is 10.8. The van der Waals surface area contributed by atoms with Gasteiger partial charge in [-0.05, 0) is 47.7 Å². The van der Waals surface area contributed by atoms with Crippen LogP contribution in [0.1, 0.15) is 21.5 Å². The molecular weight excluding hydrogens is 436 g/mol. The average molecular weight is 459 g/mol. The lowest BCUT2D eigenvalue weighted by atomic mass is 10.2. The molecule has 1 saturated heterocycles. The molecule has 1 amide bonds. The molecule has 0 saturated carbocycles. The zero-order chi connectivity index (χ0) is 23.2. The maximum absolute atomic E-state index is 12.9. The van der Waals surface area contributed by atoms with E-state index in [4.69, 9.17) is 9.47 Å². The molecule has 1 aliphatic rings. The Balaban J connectivity index is 1.56. The molecule has 6 nitrogen and oxygen atoms in total. The van der Waals surface area contributed by atoms with E-state index in [2.05, 4.69) is 4.99 Å². The summed E-state index contributed by atoms with van der Waals surface area (Å²) in [7, 11) is 3.01.